The van der Waals surface area contributed by atoms with E-state index in [1.807, 2.05) is 0 Å². The highest BCUT2D eigenvalue weighted by Crippen LogP contribution is 2.32. The fraction of sp³-hybridized carbons (Fsp3) is 0.500. The SMILES string of the molecule is CCOC(=O)C(CC)(CC)C(=O)Oc1ccc(Cl)cc1C. The van der Waals surface area contributed by atoms with Crippen molar-refractivity contribution in [2.45, 2.75) is 40.5 Å². The maximum absolute atomic E-state index is 12.5. The van der Waals surface area contributed by atoms with E-state index in [0.717, 1.165) is 5.56 Å². The van der Waals surface area contributed by atoms with Gasteiger partial charge in [0.2, 0.25) is 0 Å². The van der Waals surface area contributed by atoms with Crippen molar-refractivity contribution in [2.24, 2.45) is 5.41 Å². The fourth-order valence-corrected chi connectivity index (χ4v) is 2.33. The predicted molar refractivity (Wildman–Crippen MR) is 81.5 cm³/mol. The molecule has 0 aliphatic rings. The maximum atomic E-state index is 12.5. The summed E-state index contributed by atoms with van der Waals surface area (Å²) in [6.45, 7) is 7.28. The largest absolute Gasteiger partial charge is 0.465 e. The number of carbonyl (C=O) groups excluding carboxylic acids is 2. The minimum absolute atomic E-state index is 0.230. The third-order valence-electron chi connectivity index (χ3n) is 3.60. The molecule has 21 heavy (non-hydrogen) atoms. The average molecular weight is 313 g/mol. The van der Waals surface area contributed by atoms with E-state index in [4.69, 9.17) is 21.1 Å². The van der Waals surface area contributed by atoms with Crippen molar-refractivity contribution < 1.29 is 19.1 Å². The van der Waals surface area contributed by atoms with Crippen LogP contribution in [0.1, 0.15) is 39.2 Å². The number of benzene rings is 1. The molecule has 0 amide bonds. The van der Waals surface area contributed by atoms with Gasteiger partial charge >= 0.3 is 11.9 Å². The second kappa shape index (κ2) is 7.46. The van der Waals surface area contributed by atoms with Crippen LogP contribution in [0.25, 0.3) is 0 Å². The van der Waals surface area contributed by atoms with Crippen LogP contribution in [0.4, 0.5) is 0 Å². The molecular formula is C16H21ClO4. The zero-order valence-electron chi connectivity index (χ0n) is 12.9. The van der Waals surface area contributed by atoms with Crippen LogP contribution in [-0.2, 0) is 14.3 Å². The van der Waals surface area contributed by atoms with Crippen LogP contribution in [0.15, 0.2) is 18.2 Å². The number of halogens is 1. The van der Waals surface area contributed by atoms with Gasteiger partial charge in [-0.3, -0.25) is 9.59 Å². The molecule has 0 atom stereocenters. The minimum Gasteiger partial charge on any atom is -0.465 e. The van der Waals surface area contributed by atoms with Crippen LogP contribution in [0.3, 0.4) is 0 Å². The summed E-state index contributed by atoms with van der Waals surface area (Å²) < 4.78 is 10.5. The molecule has 0 aliphatic carbocycles. The third kappa shape index (κ3) is 3.76. The van der Waals surface area contributed by atoms with Gasteiger partial charge in [0.15, 0.2) is 5.41 Å². The van der Waals surface area contributed by atoms with Gasteiger partial charge in [0.1, 0.15) is 5.75 Å². The molecule has 116 valence electrons. The quantitative estimate of drug-likeness (QED) is 0.454. The molecular weight excluding hydrogens is 292 g/mol. The Balaban J connectivity index is 3.04. The lowest BCUT2D eigenvalue weighted by atomic mass is 9.82. The van der Waals surface area contributed by atoms with Crippen molar-refractivity contribution in [3.8, 4) is 5.75 Å². The Kier molecular flexibility index (Phi) is 6.21. The molecule has 0 heterocycles. The number of carbonyl (C=O) groups is 2. The highest BCUT2D eigenvalue weighted by molar-refractivity contribution is 6.30. The molecule has 1 aromatic carbocycles. The van der Waals surface area contributed by atoms with Gasteiger partial charge in [-0.2, -0.15) is 0 Å². The topological polar surface area (TPSA) is 52.6 Å². The van der Waals surface area contributed by atoms with Crippen molar-refractivity contribution in [3.05, 3.63) is 28.8 Å². The van der Waals surface area contributed by atoms with Crippen molar-refractivity contribution in [1.82, 2.24) is 0 Å². The van der Waals surface area contributed by atoms with Gasteiger partial charge in [-0.05, 0) is 50.5 Å². The molecule has 5 heteroatoms. The fourth-order valence-electron chi connectivity index (χ4n) is 2.10. The zero-order valence-corrected chi connectivity index (χ0v) is 13.6. The van der Waals surface area contributed by atoms with Gasteiger partial charge in [0.05, 0.1) is 6.61 Å². The van der Waals surface area contributed by atoms with E-state index in [1.165, 1.54) is 0 Å². The summed E-state index contributed by atoms with van der Waals surface area (Å²) in [5, 5.41) is 0.565. The third-order valence-corrected chi connectivity index (χ3v) is 3.84. The first-order valence-electron chi connectivity index (χ1n) is 7.06. The van der Waals surface area contributed by atoms with Crippen LogP contribution in [-0.4, -0.2) is 18.5 Å². The van der Waals surface area contributed by atoms with Crippen LogP contribution in [0.2, 0.25) is 5.02 Å². The van der Waals surface area contributed by atoms with Crippen LogP contribution >= 0.6 is 11.6 Å². The minimum atomic E-state index is -1.26. The number of ether oxygens (including phenoxy) is 2. The second-order valence-electron chi connectivity index (χ2n) is 4.81. The molecule has 0 aromatic heterocycles. The molecule has 1 rings (SSSR count). The van der Waals surface area contributed by atoms with Crippen LogP contribution < -0.4 is 4.74 Å². The van der Waals surface area contributed by atoms with E-state index in [0.29, 0.717) is 23.6 Å². The zero-order chi connectivity index (χ0) is 16.0. The molecule has 0 unspecified atom stereocenters. The van der Waals surface area contributed by atoms with E-state index < -0.39 is 17.4 Å². The highest BCUT2D eigenvalue weighted by Gasteiger charge is 2.46. The van der Waals surface area contributed by atoms with E-state index in [-0.39, 0.29) is 6.61 Å². The van der Waals surface area contributed by atoms with Crippen molar-refractivity contribution in [1.29, 1.82) is 0 Å². The van der Waals surface area contributed by atoms with Gasteiger partial charge in [-0.15, -0.1) is 0 Å². The summed E-state index contributed by atoms with van der Waals surface area (Å²) in [7, 11) is 0. The van der Waals surface area contributed by atoms with E-state index in [9.17, 15) is 9.59 Å². The van der Waals surface area contributed by atoms with Crippen molar-refractivity contribution in [3.63, 3.8) is 0 Å². The Labute approximate surface area is 130 Å². The summed E-state index contributed by atoms with van der Waals surface area (Å²) in [5.74, 6) is -0.719. The monoisotopic (exact) mass is 312 g/mol. The first-order chi connectivity index (χ1) is 9.91. The molecule has 1 aromatic rings. The normalized spacial score (nSPS) is 11.1. The maximum Gasteiger partial charge on any atom is 0.328 e. The molecule has 0 radical (unpaired) electrons. The molecule has 0 saturated carbocycles. The Morgan fingerprint density at radius 3 is 2.24 bits per heavy atom. The molecule has 0 aliphatic heterocycles. The van der Waals surface area contributed by atoms with Crippen LogP contribution in [0.5, 0.6) is 5.75 Å². The summed E-state index contributed by atoms with van der Waals surface area (Å²) >= 11 is 5.88. The molecule has 0 spiro atoms. The molecule has 0 fully saturated rings. The lowest BCUT2D eigenvalue weighted by molar-refractivity contribution is -0.167. The average Bonchev–Trinajstić information content (AvgIpc) is 2.44. The highest BCUT2D eigenvalue weighted by atomic mass is 35.5. The van der Waals surface area contributed by atoms with Crippen molar-refractivity contribution >= 4 is 23.5 Å². The molecule has 0 N–H and O–H groups in total. The Morgan fingerprint density at radius 2 is 1.76 bits per heavy atom. The van der Waals surface area contributed by atoms with Crippen molar-refractivity contribution in [2.75, 3.05) is 6.61 Å². The standard InChI is InChI=1S/C16H21ClO4/c1-5-16(6-2,14(18)20-7-3)15(19)21-13-9-8-12(17)10-11(13)4/h8-10H,5-7H2,1-4H3. The smallest absolute Gasteiger partial charge is 0.328 e. The van der Waals surface area contributed by atoms with E-state index >= 15 is 0 Å². The van der Waals surface area contributed by atoms with Gasteiger partial charge < -0.3 is 9.47 Å². The number of esters is 2. The summed E-state index contributed by atoms with van der Waals surface area (Å²) in [5.41, 5.74) is -0.525. The predicted octanol–water partition coefficient (Wildman–Crippen LogP) is 3.92. The summed E-state index contributed by atoms with van der Waals surface area (Å²) in [6.07, 6.45) is 0.654. The number of aryl methyl sites for hydroxylation is 1. The lowest BCUT2D eigenvalue weighted by Gasteiger charge is -2.26. The number of hydrogen-bond acceptors (Lipinski definition) is 4. The number of hydrogen-bond donors (Lipinski definition) is 0. The summed E-state index contributed by atoms with van der Waals surface area (Å²) in [6, 6.07) is 4.96. The Morgan fingerprint density at radius 1 is 1.14 bits per heavy atom. The van der Waals surface area contributed by atoms with Gasteiger partial charge in [0.25, 0.3) is 0 Å². The lowest BCUT2D eigenvalue weighted by Crippen LogP contribution is -2.42. The Bertz CT molecular complexity index is 521. The molecule has 0 bridgehead atoms. The first-order valence-corrected chi connectivity index (χ1v) is 7.44. The molecule has 0 saturated heterocycles. The number of rotatable bonds is 6. The van der Waals surface area contributed by atoms with E-state index in [2.05, 4.69) is 0 Å². The summed E-state index contributed by atoms with van der Waals surface area (Å²) in [4.78, 5) is 24.6. The van der Waals surface area contributed by atoms with Crippen LogP contribution in [0, 0.1) is 12.3 Å². The van der Waals surface area contributed by atoms with Gasteiger partial charge in [0, 0.05) is 5.02 Å². The van der Waals surface area contributed by atoms with E-state index in [1.54, 1.807) is 45.9 Å². The second-order valence-corrected chi connectivity index (χ2v) is 5.25. The Hall–Kier alpha value is -1.55. The van der Waals surface area contributed by atoms with Gasteiger partial charge in [-0.25, -0.2) is 0 Å². The molecule has 4 nitrogen and oxygen atoms in total. The van der Waals surface area contributed by atoms with Gasteiger partial charge in [-0.1, -0.05) is 25.4 Å². The first kappa shape index (κ1) is 17.5.